The van der Waals surface area contributed by atoms with Crippen LogP contribution in [0.15, 0.2) is 66.1 Å². The van der Waals surface area contributed by atoms with Gasteiger partial charge in [-0.2, -0.15) is 0 Å². The van der Waals surface area contributed by atoms with Crippen molar-refractivity contribution in [1.82, 2.24) is 14.8 Å². The largest absolute Gasteiger partial charge is 0.370 e. The SMILES string of the molecule is NC(=O)CCN(C(=O)CSc1nncn1-c1ccccc1)c1ccc(F)cc1. The predicted octanol–water partition coefficient (Wildman–Crippen LogP) is 2.41. The second-order valence-electron chi connectivity index (χ2n) is 5.85. The number of benzene rings is 2. The summed E-state index contributed by atoms with van der Waals surface area (Å²) >= 11 is 1.22. The molecule has 144 valence electrons. The molecule has 0 aliphatic rings. The van der Waals surface area contributed by atoms with E-state index in [9.17, 15) is 14.0 Å². The van der Waals surface area contributed by atoms with Crippen LogP contribution in [0.1, 0.15) is 6.42 Å². The van der Waals surface area contributed by atoms with Gasteiger partial charge in [-0.25, -0.2) is 4.39 Å². The maximum atomic E-state index is 13.2. The zero-order valence-electron chi connectivity index (χ0n) is 14.9. The average molecular weight is 399 g/mol. The molecule has 0 bridgehead atoms. The first-order chi connectivity index (χ1) is 13.5. The van der Waals surface area contributed by atoms with Crippen LogP contribution in [0.3, 0.4) is 0 Å². The fraction of sp³-hybridized carbons (Fsp3) is 0.158. The molecule has 2 aromatic carbocycles. The van der Waals surface area contributed by atoms with Gasteiger partial charge in [-0.05, 0) is 36.4 Å². The lowest BCUT2D eigenvalue weighted by molar-refractivity contribution is -0.118. The number of rotatable bonds is 8. The predicted molar refractivity (Wildman–Crippen MR) is 105 cm³/mol. The van der Waals surface area contributed by atoms with E-state index in [1.54, 1.807) is 10.9 Å². The Morgan fingerprint density at radius 3 is 2.50 bits per heavy atom. The van der Waals surface area contributed by atoms with E-state index in [2.05, 4.69) is 10.2 Å². The van der Waals surface area contributed by atoms with Gasteiger partial charge in [-0.15, -0.1) is 10.2 Å². The number of nitrogens with zero attached hydrogens (tertiary/aromatic N) is 4. The normalized spacial score (nSPS) is 10.6. The maximum absolute atomic E-state index is 13.2. The topological polar surface area (TPSA) is 94.1 Å². The van der Waals surface area contributed by atoms with Crippen LogP contribution in [0, 0.1) is 5.82 Å². The molecule has 9 heteroatoms. The molecular formula is C19H18FN5O2S. The number of halogens is 1. The molecule has 1 aromatic heterocycles. The number of aromatic nitrogens is 3. The maximum Gasteiger partial charge on any atom is 0.237 e. The number of hydrogen-bond donors (Lipinski definition) is 1. The zero-order chi connectivity index (χ0) is 19.9. The number of hydrogen-bond acceptors (Lipinski definition) is 5. The number of para-hydroxylation sites is 1. The quantitative estimate of drug-likeness (QED) is 0.587. The van der Waals surface area contributed by atoms with E-state index in [0.717, 1.165) is 5.69 Å². The van der Waals surface area contributed by atoms with Crippen molar-refractivity contribution < 1.29 is 14.0 Å². The van der Waals surface area contributed by atoms with Crippen LogP contribution in [0.2, 0.25) is 0 Å². The van der Waals surface area contributed by atoms with Gasteiger partial charge in [0.05, 0.1) is 5.75 Å². The van der Waals surface area contributed by atoms with Crippen molar-refractivity contribution >= 4 is 29.3 Å². The van der Waals surface area contributed by atoms with Gasteiger partial charge in [-0.1, -0.05) is 30.0 Å². The lowest BCUT2D eigenvalue weighted by atomic mass is 10.2. The highest BCUT2D eigenvalue weighted by molar-refractivity contribution is 7.99. The molecule has 0 aliphatic heterocycles. The van der Waals surface area contributed by atoms with E-state index >= 15 is 0 Å². The molecule has 0 aliphatic carbocycles. The lowest BCUT2D eigenvalue weighted by Crippen LogP contribution is -2.35. The fourth-order valence-electron chi connectivity index (χ4n) is 2.53. The second kappa shape index (κ2) is 9.14. The van der Waals surface area contributed by atoms with Gasteiger partial charge in [-0.3, -0.25) is 14.2 Å². The highest BCUT2D eigenvalue weighted by atomic mass is 32.2. The van der Waals surface area contributed by atoms with Gasteiger partial charge >= 0.3 is 0 Å². The first kappa shape index (κ1) is 19.6. The third kappa shape index (κ3) is 4.95. The Bertz CT molecular complexity index is 946. The molecule has 0 saturated carbocycles. The molecule has 2 amide bonds. The fourth-order valence-corrected chi connectivity index (χ4v) is 3.34. The van der Waals surface area contributed by atoms with Crippen molar-refractivity contribution in [2.45, 2.75) is 11.6 Å². The van der Waals surface area contributed by atoms with Crippen LogP contribution in [0.25, 0.3) is 5.69 Å². The van der Waals surface area contributed by atoms with Crippen LogP contribution in [-0.2, 0) is 9.59 Å². The molecule has 0 unspecified atom stereocenters. The lowest BCUT2D eigenvalue weighted by Gasteiger charge is -2.22. The minimum Gasteiger partial charge on any atom is -0.370 e. The van der Waals surface area contributed by atoms with Crippen molar-refractivity contribution in [3.63, 3.8) is 0 Å². The van der Waals surface area contributed by atoms with E-state index in [1.165, 1.54) is 40.9 Å². The summed E-state index contributed by atoms with van der Waals surface area (Å²) in [7, 11) is 0. The summed E-state index contributed by atoms with van der Waals surface area (Å²) in [5.74, 6) is -1.10. The summed E-state index contributed by atoms with van der Waals surface area (Å²) in [5, 5.41) is 8.54. The van der Waals surface area contributed by atoms with Crippen molar-refractivity contribution in [2.24, 2.45) is 5.73 Å². The minimum absolute atomic E-state index is 0.00792. The average Bonchev–Trinajstić information content (AvgIpc) is 3.17. The highest BCUT2D eigenvalue weighted by Gasteiger charge is 2.18. The van der Waals surface area contributed by atoms with Gasteiger partial charge in [0.25, 0.3) is 0 Å². The molecule has 0 fully saturated rings. The van der Waals surface area contributed by atoms with Gasteiger partial charge < -0.3 is 10.6 Å². The minimum atomic E-state index is -0.517. The van der Waals surface area contributed by atoms with Crippen LogP contribution < -0.4 is 10.6 Å². The third-order valence-electron chi connectivity index (χ3n) is 3.90. The van der Waals surface area contributed by atoms with Crippen molar-refractivity contribution in [3.05, 3.63) is 66.7 Å². The van der Waals surface area contributed by atoms with E-state index in [4.69, 9.17) is 5.73 Å². The number of primary amides is 1. The molecule has 0 saturated heterocycles. The van der Waals surface area contributed by atoms with E-state index in [1.807, 2.05) is 30.3 Å². The Labute approximate surface area is 165 Å². The summed E-state index contributed by atoms with van der Waals surface area (Å²) in [6.45, 7) is 0.117. The van der Waals surface area contributed by atoms with Gasteiger partial charge in [0, 0.05) is 24.3 Å². The molecule has 0 radical (unpaired) electrons. The van der Waals surface area contributed by atoms with Gasteiger partial charge in [0.15, 0.2) is 5.16 Å². The molecule has 7 nitrogen and oxygen atoms in total. The Balaban J connectivity index is 1.73. The van der Waals surface area contributed by atoms with E-state index in [-0.39, 0.29) is 24.6 Å². The molecular weight excluding hydrogens is 381 g/mol. The van der Waals surface area contributed by atoms with E-state index < -0.39 is 11.7 Å². The number of carbonyl (C=O) groups is 2. The standard InChI is InChI=1S/C19H18FN5O2S/c20-14-6-8-16(9-7-14)24(11-10-17(21)26)18(27)12-28-19-23-22-13-25(19)15-4-2-1-3-5-15/h1-9,13H,10-12H2,(H2,21,26). The second-order valence-corrected chi connectivity index (χ2v) is 6.79. The van der Waals surface area contributed by atoms with Crippen LogP contribution in [0.5, 0.6) is 0 Å². The smallest absolute Gasteiger partial charge is 0.237 e. The van der Waals surface area contributed by atoms with E-state index in [0.29, 0.717) is 10.8 Å². The summed E-state index contributed by atoms with van der Waals surface area (Å²) in [6.07, 6.45) is 1.58. The summed E-state index contributed by atoms with van der Waals surface area (Å²) in [4.78, 5) is 25.4. The summed E-state index contributed by atoms with van der Waals surface area (Å²) in [5.41, 5.74) is 6.59. The Kier molecular flexibility index (Phi) is 6.38. The summed E-state index contributed by atoms with van der Waals surface area (Å²) in [6, 6.07) is 15.0. The Morgan fingerprint density at radius 1 is 1.11 bits per heavy atom. The van der Waals surface area contributed by atoms with Crippen LogP contribution in [-0.4, -0.2) is 38.9 Å². The number of thioether (sulfide) groups is 1. The van der Waals surface area contributed by atoms with Crippen LogP contribution >= 0.6 is 11.8 Å². The molecule has 0 spiro atoms. The molecule has 3 aromatic rings. The van der Waals surface area contributed by atoms with Crippen molar-refractivity contribution in [3.8, 4) is 5.69 Å². The molecule has 2 N–H and O–H groups in total. The number of amides is 2. The number of carbonyl (C=O) groups excluding carboxylic acids is 2. The zero-order valence-corrected chi connectivity index (χ0v) is 15.7. The van der Waals surface area contributed by atoms with Crippen molar-refractivity contribution in [1.29, 1.82) is 0 Å². The third-order valence-corrected chi connectivity index (χ3v) is 4.82. The summed E-state index contributed by atoms with van der Waals surface area (Å²) < 4.78 is 15.0. The first-order valence-electron chi connectivity index (χ1n) is 8.47. The Hall–Kier alpha value is -3.20. The Morgan fingerprint density at radius 2 is 1.82 bits per heavy atom. The van der Waals surface area contributed by atoms with Gasteiger partial charge in [0.2, 0.25) is 11.8 Å². The molecule has 0 atom stereocenters. The molecule has 28 heavy (non-hydrogen) atoms. The highest BCUT2D eigenvalue weighted by Crippen LogP contribution is 2.22. The first-order valence-corrected chi connectivity index (χ1v) is 9.45. The molecule has 3 rings (SSSR count). The molecule has 1 heterocycles. The van der Waals surface area contributed by atoms with Crippen LogP contribution in [0.4, 0.5) is 10.1 Å². The van der Waals surface area contributed by atoms with Crippen molar-refractivity contribution in [2.75, 3.05) is 17.2 Å². The number of nitrogens with two attached hydrogens (primary N) is 1. The number of anilines is 1. The monoisotopic (exact) mass is 399 g/mol. The van der Waals surface area contributed by atoms with Gasteiger partial charge in [0.1, 0.15) is 12.1 Å².